The van der Waals surface area contributed by atoms with Gasteiger partial charge in [-0.15, -0.1) is 0 Å². The van der Waals surface area contributed by atoms with Gasteiger partial charge in [0, 0.05) is 62.6 Å². The number of para-hydroxylation sites is 2. The second-order valence-electron chi connectivity index (χ2n) is 14.3. The SMILES string of the molecule is C=CC=NC(=N)c1ccc(N(c2ccc(C(/C=C\N)=C/C)cc2)c2ccc(-c3ccc4c(c3)c3cc5c(ccn5-c5ccccc5)cc3n4-c3ccccc3)cc2)cc1. The molecule has 0 atom stereocenters. The number of benzene rings is 7. The number of anilines is 3. The maximum atomic E-state index is 8.39. The van der Waals surface area contributed by atoms with E-state index in [2.05, 4.69) is 183 Å². The summed E-state index contributed by atoms with van der Waals surface area (Å²) in [5, 5.41) is 12.0. The van der Waals surface area contributed by atoms with Crippen molar-refractivity contribution in [3.63, 3.8) is 0 Å². The molecule has 2 aromatic heterocycles. The average molecular weight is 763 g/mol. The Bertz CT molecular complexity index is 3060. The lowest BCUT2D eigenvalue weighted by molar-refractivity contribution is 1.13. The first-order valence-electron chi connectivity index (χ1n) is 19.6. The lowest BCUT2D eigenvalue weighted by Crippen LogP contribution is -2.10. The van der Waals surface area contributed by atoms with Gasteiger partial charge in [0.25, 0.3) is 0 Å². The summed E-state index contributed by atoms with van der Waals surface area (Å²) in [5.74, 6) is 0.182. The van der Waals surface area contributed by atoms with Crippen molar-refractivity contribution in [2.24, 2.45) is 10.7 Å². The molecule has 0 aliphatic rings. The van der Waals surface area contributed by atoms with E-state index < -0.39 is 0 Å². The molecule has 0 bridgehead atoms. The molecule has 0 saturated carbocycles. The normalized spacial score (nSPS) is 12.0. The molecule has 0 unspecified atom stereocenters. The Morgan fingerprint density at radius 3 is 1.85 bits per heavy atom. The second kappa shape index (κ2) is 15.9. The predicted molar refractivity (Wildman–Crippen MR) is 250 cm³/mol. The molecule has 0 radical (unpaired) electrons. The van der Waals surface area contributed by atoms with E-state index in [4.69, 9.17) is 11.1 Å². The number of hydrogen-bond donors (Lipinski definition) is 2. The molecular weight excluding hydrogens is 721 g/mol. The third-order valence-corrected chi connectivity index (χ3v) is 10.8. The molecule has 284 valence electrons. The first-order valence-corrected chi connectivity index (χ1v) is 19.6. The van der Waals surface area contributed by atoms with Crippen molar-refractivity contribution in [3.8, 4) is 22.5 Å². The fourth-order valence-electron chi connectivity index (χ4n) is 7.98. The smallest absolute Gasteiger partial charge is 0.151 e. The molecule has 0 saturated heterocycles. The van der Waals surface area contributed by atoms with Crippen LogP contribution in [0.15, 0.2) is 212 Å². The van der Waals surface area contributed by atoms with E-state index >= 15 is 0 Å². The number of allylic oxidation sites excluding steroid dienone is 4. The summed E-state index contributed by atoms with van der Waals surface area (Å²) < 4.78 is 4.65. The number of hydrogen-bond acceptors (Lipinski definition) is 3. The molecule has 6 heteroatoms. The Hall–Kier alpha value is -7.96. The Morgan fingerprint density at radius 2 is 1.22 bits per heavy atom. The zero-order valence-electron chi connectivity index (χ0n) is 32.7. The lowest BCUT2D eigenvalue weighted by atomic mass is 10.0. The third kappa shape index (κ3) is 6.94. The van der Waals surface area contributed by atoms with Gasteiger partial charge in [0.15, 0.2) is 5.84 Å². The number of rotatable bonds is 10. The van der Waals surface area contributed by atoms with Crippen molar-refractivity contribution < 1.29 is 0 Å². The zero-order chi connectivity index (χ0) is 40.3. The Kier molecular flexibility index (Phi) is 9.87. The summed E-state index contributed by atoms with van der Waals surface area (Å²) in [6, 6.07) is 60.0. The molecule has 9 rings (SSSR count). The molecule has 0 aliphatic heterocycles. The average Bonchev–Trinajstić information content (AvgIpc) is 3.86. The van der Waals surface area contributed by atoms with E-state index in [1.807, 2.05) is 37.3 Å². The minimum Gasteiger partial charge on any atom is -0.405 e. The van der Waals surface area contributed by atoms with Gasteiger partial charge in [0.2, 0.25) is 0 Å². The van der Waals surface area contributed by atoms with Gasteiger partial charge in [-0.1, -0.05) is 85.5 Å². The second-order valence-corrected chi connectivity index (χ2v) is 14.3. The summed E-state index contributed by atoms with van der Waals surface area (Å²) in [5.41, 5.74) is 19.6. The van der Waals surface area contributed by atoms with Crippen molar-refractivity contribution in [1.29, 1.82) is 5.41 Å². The van der Waals surface area contributed by atoms with Crippen LogP contribution < -0.4 is 10.6 Å². The van der Waals surface area contributed by atoms with Crippen LogP contribution in [-0.2, 0) is 0 Å². The fourth-order valence-corrected chi connectivity index (χ4v) is 7.98. The van der Waals surface area contributed by atoms with E-state index in [1.165, 1.54) is 33.4 Å². The Balaban J connectivity index is 1.14. The van der Waals surface area contributed by atoms with Crippen LogP contribution in [0.3, 0.4) is 0 Å². The van der Waals surface area contributed by atoms with E-state index in [9.17, 15) is 0 Å². The van der Waals surface area contributed by atoms with E-state index in [1.54, 1.807) is 12.3 Å². The minimum absolute atomic E-state index is 0.182. The highest BCUT2D eigenvalue weighted by Crippen LogP contribution is 2.40. The van der Waals surface area contributed by atoms with Crippen molar-refractivity contribution in [2.75, 3.05) is 4.90 Å². The van der Waals surface area contributed by atoms with Gasteiger partial charge in [-0.25, -0.2) is 4.99 Å². The van der Waals surface area contributed by atoms with Crippen LogP contribution in [0.2, 0.25) is 0 Å². The molecule has 9 aromatic rings. The molecule has 3 N–H and O–H groups in total. The first kappa shape index (κ1) is 36.7. The molecule has 0 fully saturated rings. The zero-order valence-corrected chi connectivity index (χ0v) is 32.7. The maximum absolute atomic E-state index is 8.39. The number of aromatic nitrogens is 2. The van der Waals surface area contributed by atoms with Gasteiger partial charge >= 0.3 is 0 Å². The van der Waals surface area contributed by atoms with Gasteiger partial charge in [0.1, 0.15) is 0 Å². The molecule has 6 nitrogen and oxygen atoms in total. The van der Waals surface area contributed by atoms with Gasteiger partial charge in [0.05, 0.1) is 16.6 Å². The number of nitrogens with zero attached hydrogens (tertiary/aromatic N) is 4. The van der Waals surface area contributed by atoms with Crippen molar-refractivity contribution >= 4 is 67.4 Å². The number of amidine groups is 1. The van der Waals surface area contributed by atoms with Crippen LogP contribution in [-0.4, -0.2) is 21.2 Å². The molecular formula is C53H42N6. The number of aliphatic imine (C=N–C) groups is 1. The van der Waals surface area contributed by atoms with Crippen LogP contribution in [0.25, 0.3) is 60.8 Å². The van der Waals surface area contributed by atoms with Crippen molar-refractivity contribution in [3.05, 3.63) is 218 Å². The molecule has 7 aromatic carbocycles. The van der Waals surface area contributed by atoms with Gasteiger partial charge < -0.3 is 19.8 Å². The topological polar surface area (TPSA) is 75.3 Å². The summed E-state index contributed by atoms with van der Waals surface area (Å²) >= 11 is 0. The minimum atomic E-state index is 0.182. The number of nitrogens with two attached hydrogens (primary N) is 1. The molecule has 59 heavy (non-hydrogen) atoms. The molecule has 2 heterocycles. The van der Waals surface area contributed by atoms with E-state index in [-0.39, 0.29) is 5.84 Å². The highest BCUT2D eigenvalue weighted by atomic mass is 15.1. The van der Waals surface area contributed by atoms with Gasteiger partial charge in [-0.05, 0) is 145 Å². The molecule has 0 aliphatic carbocycles. The molecule has 0 amide bonds. The Morgan fingerprint density at radius 1 is 0.627 bits per heavy atom. The summed E-state index contributed by atoms with van der Waals surface area (Å²) in [6.07, 6.45) is 10.8. The summed E-state index contributed by atoms with van der Waals surface area (Å²) in [6.45, 7) is 5.69. The van der Waals surface area contributed by atoms with Gasteiger partial charge in [-0.2, -0.15) is 0 Å². The largest absolute Gasteiger partial charge is 0.405 e. The summed E-state index contributed by atoms with van der Waals surface area (Å²) in [4.78, 5) is 6.40. The third-order valence-electron chi connectivity index (χ3n) is 10.8. The highest BCUT2D eigenvalue weighted by Gasteiger charge is 2.18. The summed E-state index contributed by atoms with van der Waals surface area (Å²) in [7, 11) is 0. The van der Waals surface area contributed by atoms with Crippen LogP contribution in [0, 0.1) is 5.41 Å². The van der Waals surface area contributed by atoms with Crippen LogP contribution >= 0.6 is 0 Å². The van der Waals surface area contributed by atoms with Crippen LogP contribution in [0.1, 0.15) is 18.1 Å². The fraction of sp³-hybridized carbons (Fsp3) is 0.0189. The first-order chi connectivity index (χ1) is 29.0. The van der Waals surface area contributed by atoms with Crippen LogP contribution in [0.5, 0.6) is 0 Å². The molecule has 0 spiro atoms. The van der Waals surface area contributed by atoms with Gasteiger partial charge in [-0.3, -0.25) is 5.41 Å². The van der Waals surface area contributed by atoms with E-state index in [0.717, 1.165) is 61.8 Å². The predicted octanol–water partition coefficient (Wildman–Crippen LogP) is 13.3. The lowest BCUT2D eigenvalue weighted by Gasteiger charge is -2.26. The van der Waals surface area contributed by atoms with Crippen molar-refractivity contribution in [1.82, 2.24) is 9.13 Å². The van der Waals surface area contributed by atoms with Crippen LogP contribution in [0.4, 0.5) is 17.1 Å². The standard InChI is InChI=1S/C53H42N6/c1-3-32-56-53(55)40-19-26-47(27-20-40)58(45-22-15-38(16-23-45)37(4-2)29-31-54)46-24-17-39(18-25-46)41-21-28-50-48(34-41)49-36-51-42(30-33-57(51)43-11-7-5-8-12-43)35-52(49)59(50)44-13-9-6-10-14-44/h3-36,55H,1,54H2,2H3/b31-29-,37-4+,55-53?,56-32?. The maximum Gasteiger partial charge on any atom is 0.151 e. The monoisotopic (exact) mass is 762 g/mol. The highest BCUT2D eigenvalue weighted by molar-refractivity contribution is 6.14. The van der Waals surface area contributed by atoms with Crippen molar-refractivity contribution in [2.45, 2.75) is 6.92 Å². The quantitative estimate of drug-likeness (QED) is 0.0827. The number of nitrogens with one attached hydrogen (secondary N) is 1. The Labute approximate surface area is 343 Å². The van der Waals surface area contributed by atoms with E-state index in [0.29, 0.717) is 0 Å². The number of fused-ring (bicyclic) bond motifs is 4.